The van der Waals surface area contributed by atoms with Crippen molar-refractivity contribution in [2.45, 2.75) is 20.8 Å². The summed E-state index contributed by atoms with van der Waals surface area (Å²) < 4.78 is 0. The average Bonchev–Trinajstić information content (AvgIpc) is 2.28. The molecule has 0 amide bonds. The first kappa shape index (κ1) is 12.5. The third kappa shape index (κ3) is 3.89. The van der Waals surface area contributed by atoms with Crippen LogP contribution < -0.4 is 5.32 Å². The van der Waals surface area contributed by atoms with Gasteiger partial charge in [0.25, 0.3) is 0 Å². The van der Waals surface area contributed by atoms with E-state index in [0.717, 1.165) is 17.7 Å². The van der Waals surface area contributed by atoms with Crippen LogP contribution >= 0.6 is 0 Å². The molecule has 0 bridgehead atoms. The van der Waals surface area contributed by atoms with Gasteiger partial charge in [0.05, 0.1) is 0 Å². The molecule has 0 heterocycles. The number of carbonyl (C=O) groups is 1. The van der Waals surface area contributed by atoms with Gasteiger partial charge in [-0.05, 0) is 12.8 Å². The molecule has 0 aromatic heterocycles. The molecule has 1 N–H and O–H groups in total. The number of Topliss-reactive ketones (excluding diaryl/α,β-unsaturated/α-hetero) is 1. The minimum Gasteiger partial charge on any atom is -0.390 e. The maximum absolute atomic E-state index is 11.9. The van der Waals surface area contributed by atoms with Crippen LogP contribution in [0.25, 0.3) is 0 Å². The van der Waals surface area contributed by atoms with Gasteiger partial charge >= 0.3 is 0 Å². The molecule has 0 saturated heterocycles. The monoisotopic (exact) mass is 217 g/mol. The summed E-state index contributed by atoms with van der Waals surface area (Å²) >= 11 is 0. The number of hydrogen-bond acceptors (Lipinski definition) is 2. The Kier molecular flexibility index (Phi) is 4.77. The minimum atomic E-state index is 0.0804. The van der Waals surface area contributed by atoms with Crippen LogP contribution in [0.1, 0.15) is 31.1 Å². The van der Waals surface area contributed by atoms with Crippen molar-refractivity contribution < 1.29 is 4.79 Å². The van der Waals surface area contributed by atoms with Crippen molar-refractivity contribution in [1.82, 2.24) is 5.32 Å². The molecule has 2 heteroatoms. The number of rotatable bonds is 5. The van der Waals surface area contributed by atoms with Gasteiger partial charge in [-0.25, -0.2) is 0 Å². The number of ketones is 1. The molecule has 1 rings (SSSR count). The zero-order valence-electron chi connectivity index (χ0n) is 10.2. The number of hydrogen-bond donors (Lipinski definition) is 1. The van der Waals surface area contributed by atoms with Crippen LogP contribution in [0, 0.1) is 5.92 Å². The van der Waals surface area contributed by atoms with Gasteiger partial charge in [-0.1, -0.05) is 44.2 Å². The summed E-state index contributed by atoms with van der Waals surface area (Å²) in [5, 5.41) is 3.15. The highest BCUT2D eigenvalue weighted by atomic mass is 16.1. The molecule has 0 radical (unpaired) electrons. The third-order valence-electron chi connectivity index (χ3n) is 2.24. The van der Waals surface area contributed by atoms with Gasteiger partial charge < -0.3 is 5.32 Å². The van der Waals surface area contributed by atoms with Crippen LogP contribution in [0.15, 0.2) is 42.1 Å². The molecule has 0 aliphatic rings. The van der Waals surface area contributed by atoms with E-state index in [0.29, 0.717) is 5.92 Å². The topological polar surface area (TPSA) is 29.1 Å². The third-order valence-corrected chi connectivity index (χ3v) is 2.24. The van der Waals surface area contributed by atoms with E-state index >= 15 is 0 Å². The summed E-state index contributed by atoms with van der Waals surface area (Å²) in [6.07, 6.45) is 1.80. The van der Waals surface area contributed by atoms with Gasteiger partial charge in [-0.15, -0.1) is 0 Å². The van der Waals surface area contributed by atoms with Crippen LogP contribution in [0.2, 0.25) is 0 Å². The van der Waals surface area contributed by atoms with Crippen LogP contribution in [-0.2, 0) is 0 Å². The molecule has 2 nitrogen and oxygen atoms in total. The Morgan fingerprint density at radius 1 is 1.31 bits per heavy atom. The Morgan fingerprint density at radius 3 is 2.50 bits per heavy atom. The van der Waals surface area contributed by atoms with Crippen LogP contribution in [-0.4, -0.2) is 12.3 Å². The van der Waals surface area contributed by atoms with E-state index in [1.165, 1.54) is 0 Å². The molecule has 0 aliphatic carbocycles. The number of carbonyl (C=O) groups excluding carboxylic acids is 1. The van der Waals surface area contributed by atoms with Gasteiger partial charge in [0.1, 0.15) is 0 Å². The van der Waals surface area contributed by atoms with Gasteiger partial charge in [0, 0.05) is 23.9 Å². The highest BCUT2D eigenvalue weighted by Gasteiger charge is 2.06. The normalized spacial score (nSPS) is 11.6. The van der Waals surface area contributed by atoms with E-state index in [1.54, 1.807) is 6.20 Å². The standard InChI is InChI=1S/C14H19NO/c1-11(2)9-15-10-12(3)14(16)13-7-5-4-6-8-13/h4-8,10-11,15H,9H2,1-3H3/b12-10-. The number of nitrogens with one attached hydrogen (secondary N) is 1. The summed E-state index contributed by atoms with van der Waals surface area (Å²) in [7, 11) is 0. The summed E-state index contributed by atoms with van der Waals surface area (Å²) in [6.45, 7) is 6.99. The molecule has 1 aromatic rings. The fourth-order valence-electron chi connectivity index (χ4n) is 1.33. The fraction of sp³-hybridized carbons (Fsp3) is 0.357. The van der Waals surface area contributed by atoms with Crippen LogP contribution in [0.3, 0.4) is 0 Å². The second kappa shape index (κ2) is 6.11. The van der Waals surface area contributed by atoms with Crippen molar-refractivity contribution in [3.05, 3.63) is 47.7 Å². The van der Waals surface area contributed by atoms with E-state index in [1.807, 2.05) is 37.3 Å². The molecule has 16 heavy (non-hydrogen) atoms. The van der Waals surface area contributed by atoms with E-state index < -0.39 is 0 Å². The highest BCUT2D eigenvalue weighted by molar-refractivity contribution is 6.08. The zero-order valence-corrected chi connectivity index (χ0v) is 10.2. The van der Waals surface area contributed by atoms with Crippen molar-refractivity contribution in [3.8, 4) is 0 Å². The SMILES string of the molecule is C/C(=C/NCC(C)C)C(=O)c1ccccc1. The highest BCUT2D eigenvalue weighted by Crippen LogP contribution is 2.06. The smallest absolute Gasteiger partial charge is 0.190 e. The first-order valence-electron chi connectivity index (χ1n) is 5.61. The first-order chi connectivity index (χ1) is 7.61. The van der Waals surface area contributed by atoms with E-state index in [9.17, 15) is 4.79 Å². The summed E-state index contributed by atoms with van der Waals surface area (Å²) in [5.74, 6) is 0.660. The molecule has 86 valence electrons. The van der Waals surface area contributed by atoms with Gasteiger partial charge in [-0.2, -0.15) is 0 Å². The molecule has 0 aliphatic heterocycles. The molecular formula is C14H19NO. The van der Waals surface area contributed by atoms with Crippen LogP contribution in [0.5, 0.6) is 0 Å². The van der Waals surface area contributed by atoms with E-state index in [2.05, 4.69) is 19.2 Å². The van der Waals surface area contributed by atoms with Crippen molar-refractivity contribution in [2.24, 2.45) is 5.92 Å². The summed E-state index contributed by atoms with van der Waals surface area (Å²) in [5.41, 5.74) is 1.48. The Bertz CT molecular complexity index is 366. The van der Waals surface area contributed by atoms with Crippen molar-refractivity contribution in [1.29, 1.82) is 0 Å². The quantitative estimate of drug-likeness (QED) is 0.606. The minimum absolute atomic E-state index is 0.0804. The molecule has 0 unspecified atom stereocenters. The summed E-state index contributed by atoms with van der Waals surface area (Å²) in [6, 6.07) is 9.33. The fourth-order valence-corrected chi connectivity index (χ4v) is 1.33. The largest absolute Gasteiger partial charge is 0.390 e. The predicted molar refractivity (Wildman–Crippen MR) is 67.4 cm³/mol. The molecule has 1 aromatic carbocycles. The average molecular weight is 217 g/mol. The Labute approximate surface area is 97.4 Å². The van der Waals surface area contributed by atoms with E-state index in [4.69, 9.17) is 0 Å². The summed E-state index contributed by atoms with van der Waals surface area (Å²) in [4.78, 5) is 11.9. The predicted octanol–water partition coefficient (Wildman–Crippen LogP) is 3.02. The lowest BCUT2D eigenvalue weighted by Crippen LogP contribution is -2.15. The Morgan fingerprint density at radius 2 is 1.94 bits per heavy atom. The maximum atomic E-state index is 11.9. The van der Waals surface area contributed by atoms with Gasteiger partial charge in [-0.3, -0.25) is 4.79 Å². The van der Waals surface area contributed by atoms with Crippen LogP contribution in [0.4, 0.5) is 0 Å². The molecule has 0 atom stereocenters. The van der Waals surface area contributed by atoms with Crippen molar-refractivity contribution in [2.75, 3.05) is 6.54 Å². The zero-order chi connectivity index (χ0) is 12.0. The van der Waals surface area contributed by atoms with Gasteiger partial charge in [0.2, 0.25) is 0 Å². The molecular weight excluding hydrogens is 198 g/mol. The van der Waals surface area contributed by atoms with E-state index in [-0.39, 0.29) is 5.78 Å². The first-order valence-corrected chi connectivity index (χ1v) is 5.61. The van der Waals surface area contributed by atoms with Gasteiger partial charge in [0.15, 0.2) is 5.78 Å². The second-order valence-electron chi connectivity index (χ2n) is 4.32. The van der Waals surface area contributed by atoms with Crippen molar-refractivity contribution >= 4 is 5.78 Å². The lowest BCUT2D eigenvalue weighted by Gasteiger charge is -2.05. The lowest BCUT2D eigenvalue weighted by molar-refractivity contribution is 0.103. The maximum Gasteiger partial charge on any atom is 0.190 e. The Hall–Kier alpha value is -1.57. The number of allylic oxidation sites excluding steroid dienone is 1. The number of benzene rings is 1. The Balaban J connectivity index is 2.61. The molecule has 0 spiro atoms. The molecule has 0 fully saturated rings. The lowest BCUT2D eigenvalue weighted by atomic mass is 10.1. The second-order valence-corrected chi connectivity index (χ2v) is 4.32. The molecule has 0 saturated carbocycles. The van der Waals surface area contributed by atoms with Crippen molar-refractivity contribution in [3.63, 3.8) is 0 Å².